The maximum absolute atomic E-state index is 6.93. The van der Waals surface area contributed by atoms with Gasteiger partial charge in [-0.2, -0.15) is 0 Å². The molecule has 114 heavy (non-hydrogen) atoms. The van der Waals surface area contributed by atoms with Gasteiger partial charge < -0.3 is 13.3 Å². The van der Waals surface area contributed by atoms with Crippen LogP contribution in [0.1, 0.15) is 0 Å². The molecule has 0 amide bonds. The fraction of sp³-hybridized carbons (Fsp3) is 0. The third-order valence-corrected chi connectivity index (χ3v) is 24.1. The van der Waals surface area contributed by atoms with Crippen LogP contribution in [0.25, 0.3) is 253 Å². The van der Waals surface area contributed by atoms with Crippen molar-refractivity contribution in [2.75, 3.05) is 0 Å². The molecule has 9 nitrogen and oxygen atoms in total. The Morgan fingerprint density at radius 3 is 1.43 bits per heavy atom. The van der Waals surface area contributed by atoms with Crippen molar-refractivity contribution in [2.24, 2.45) is 0 Å². The van der Waals surface area contributed by atoms with E-state index in [0.717, 1.165) is 181 Å². The van der Waals surface area contributed by atoms with Crippen molar-refractivity contribution in [1.29, 1.82) is 0 Å². The standard InChI is InChI=1S/C104H58N6O3S/c1-2-20-61(21-3-1)99-106-103(83-34-17-38-89-95(83)80-52-49-67(57-91(80)112-89)85-58-93-97(76-27-9-8-26-75(76)85)81-29-11-13-40-92(81)114-93)110-104(108-99)86-56-69-55-66(48-51-72(69)73-24-6-7-25-74(73)86)70-30-14-23-65-53-64(47-50-71(65)70)60-41-44-62(45-42-60)100-105-101(68-46-43-59-19-4-5-22-63(59)54-68)109-102(107-100)84-35-18-39-90-96(84)82-33-15-32-78(98(82)113-90)77-31-16-37-88-94(77)79-28-10-12-36-87(79)111-88/h1-58H. The monoisotopic (exact) mass is 1470 g/mol. The van der Waals surface area contributed by atoms with Gasteiger partial charge in [0, 0.05) is 91.4 Å². The number of rotatable bonds is 10. The third-order valence-electron chi connectivity index (χ3n) is 23.0. The molecule has 0 fully saturated rings. The van der Waals surface area contributed by atoms with Crippen LogP contribution in [0.5, 0.6) is 0 Å². The molecule has 528 valence electrons. The van der Waals surface area contributed by atoms with E-state index in [1.54, 1.807) is 0 Å². The topological polar surface area (TPSA) is 117 Å². The fourth-order valence-electron chi connectivity index (χ4n) is 17.7. The molecule has 18 aromatic carbocycles. The second-order valence-electron chi connectivity index (χ2n) is 29.4. The highest BCUT2D eigenvalue weighted by Crippen LogP contribution is 2.49. The Balaban J connectivity index is 0.581. The highest BCUT2D eigenvalue weighted by Gasteiger charge is 2.26. The molecule has 24 rings (SSSR count). The SMILES string of the molecule is c1ccc(-c2nc(-c3cc4cc(-c5cccc6cc(-c7ccc(-c8nc(-c9ccc%10ccccc%10c9)nc(-c9cccc%10oc%11c(-c%12cccc%13oc%14ccccc%14c%12%13)cccc%11c9%10)n8)cc7)ccc56)ccc4c4ccccc34)nc(-c3cccc4oc5cc(-c6cc7sc8ccccc8c7c7ccccc67)ccc5c34)n2)cc1. The molecule has 0 radical (unpaired) electrons. The van der Waals surface area contributed by atoms with E-state index in [4.69, 9.17) is 43.2 Å². The van der Waals surface area contributed by atoms with E-state index in [9.17, 15) is 0 Å². The van der Waals surface area contributed by atoms with Gasteiger partial charge in [-0.1, -0.05) is 279 Å². The molecule has 0 spiro atoms. The summed E-state index contributed by atoms with van der Waals surface area (Å²) in [7, 11) is 0. The summed E-state index contributed by atoms with van der Waals surface area (Å²) in [5.74, 6) is 3.40. The minimum atomic E-state index is 0.546. The Bertz CT molecular complexity index is 8200. The Hall–Kier alpha value is -15.1. The number of fused-ring (bicyclic) bond motifs is 19. The summed E-state index contributed by atoms with van der Waals surface area (Å²) in [6.45, 7) is 0. The van der Waals surface area contributed by atoms with E-state index >= 15 is 0 Å². The van der Waals surface area contributed by atoms with Gasteiger partial charge in [-0.05, 0) is 166 Å². The predicted octanol–water partition coefficient (Wildman–Crippen LogP) is 28.6. The second kappa shape index (κ2) is 25.2. The molecule has 6 heterocycles. The van der Waals surface area contributed by atoms with Crippen LogP contribution in [-0.2, 0) is 0 Å². The lowest BCUT2D eigenvalue weighted by atomic mass is 9.91. The molecule has 0 bridgehead atoms. The number of hydrogen-bond donors (Lipinski definition) is 0. The van der Waals surface area contributed by atoms with Gasteiger partial charge >= 0.3 is 0 Å². The number of para-hydroxylation sites is 2. The van der Waals surface area contributed by atoms with Crippen molar-refractivity contribution in [3.05, 3.63) is 352 Å². The average molecular weight is 1470 g/mol. The first kappa shape index (κ1) is 63.8. The van der Waals surface area contributed by atoms with E-state index in [2.05, 4.69) is 285 Å². The summed E-state index contributed by atoms with van der Waals surface area (Å²) < 4.78 is 22.7. The highest BCUT2D eigenvalue weighted by atomic mass is 32.1. The predicted molar refractivity (Wildman–Crippen MR) is 470 cm³/mol. The Morgan fingerprint density at radius 1 is 0.175 bits per heavy atom. The number of benzene rings is 18. The molecule has 0 aliphatic rings. The quantitative estimate of drug-likeness (QED) is 0.123. The number of aromatic nitrogens is 6. The molecule has 6 aromatic heterocycles. The zero-order valence-electron chi connectivity index (χ0n) is 60.8. The summed E-state index contributed by atoms with van der Waals surface area (Å²) in [5.41, 5.74) is 18.7. The second-order valence-corrected chi connectivity index (χ2v) is 30.5. The lowest BCUT2D eigenvalue weighted by Crippen LogP contribution is -2.01. The Kier molecular flexibility index (Phi) is 14.1. The largest absolute Gasteiger partial charge is 0.456 e. The van der Waals surface area contributed by atoms with Gasteiger partial charge in [-0.25, -0.2) is 29.9 Å². The minimum absolute atomic E-state index is 0.546. The van der Waals surface area contributed by atoms with Crippen LogP contribution in [0.3, 0.4) is 0 Å². The number of thiophene rings is 1. The highest BCUT2D eigenvalue weighted by molar-refractivity contribution is 7.26. The summed E-state index contributed by atoms with van der Waals surface area (Å²) >= 11 is 1.84. The minimum Gasteiger partial charge on any atom is -0.456 e. The maximum atomic E-state index is 6.93. The molecular formula is C104H58N6O3S. The number of nitrogens with zero attached hydrogens (tertiary/aromatic N) is 6. The van der Waals surface area contributed by atoms with Crippen LogP contribution < -0.4 is 0 Å². The van der Waals surface area contributed by atoms with Gasteiger partial charge in [0.2, 0.25) is 0 Å². The van der Waals surface area contributed by atoms with Crippen LogP contribution in [0.4, 0.5) is 0 Å². The van der Waals surface area contributed by atoms with Gasteiger partial charge in [0.25, 0.3) is 0 Å². The van der Waals surface area contributed by atoms with Crippen molar-refractivity contribution in [1.82, 2.24) is 29.9 Å². The lowest BCUT2D eigenvalue weighted by Gasteiger charge is -2.14. The lowest BCUT2D eigenvalue weighted by molar-refractivity contribution is 0.668. The van der Waals surface area contributed by atoms with Gasteiger partial charge in [0.05, 0.1) is 0 Å². The molecule has 0 saturated heterocycles. The Morgan fingerprint density at radius 2 is 0.640 bits per heavy atom. The molecule has 24 aromatic rings. The molecular weight excluding hydrogens is 1410 g/mol. The number of furan rings is 3. The summed E-state index contributed by atoms with van der Waals surface area (Å²) in [5, 5.41) is 19.9. The zero-order chi connectivity index (χ0) is 74.6. The maximum Gasteiger partial charge on any atom is 0.164 e. The summed E-state index contributed by atoms with van der Waals surface area (Å²) in [6, 6.07) is 124. The van der Waals surface area contributed by atoms with Crippen molar-refractivity contribution in [2.45, 2.75) is 0 Å². The fourth-order valence-corrected chi connectivity index (χ4v) is 18.8. The molecule has 10 heteroatoms. The molecule has 0 N–H and O–H groups in total. The van der Waals surface area contributed by atoms with Crippen molar-refractivity contribution >= 4 is 151 Å². The van der Waals surface area contributed by atoms with Gasteiger partial charge in [0.15, 0.2) is 34.9 Å². The molecule has 0 saturated carbocycles. The summed E-state index contributed by atoms with van der Waals surface area (Å²) in [4.78, 5) is 32.2. The van der Waals surface area contributed by atoms with Crippen LogP contribution in [0.15, 0.2) is 365 Å². The first-order valence-corrected chi connectivity index (χ1v) is 39.1. The normalized spacial score (nSPS) is 12.0. The van der Waals surface area contributed by atoms with Crippen LogP contribution >= 0.6 is 11.3 Å². The number of hydrogen-bond acceptors (Lipinski definition) is 10. The molecule has 0 atom stereocenters. The van der Waals surface area contributed by atoms with Crippen LogP contribution in [-0.4, -0.2) is 29.9 Å². The van der Waals surface area contributed by atoms with E-state index in [1.807, 2.05) is 78.1 Å². The van der Waals surface area contributed by atoms with Gasteiger partial charge in [-0.3, -0.25) is 0 Å². The molecule has 0 aliphatic carbocycles. The van der Waals surface area contributed by atoms with E-state index in [0.29, 0.717) is 34.9 Å². The smallest absolute Gasteiger partial charge is 0.164 e. The van der Waals surface area contributed by atoms with Gasteiger partial charge in [-0.15, -0.1) is 11.3 Å². The van der Waals surface area contributed by atoms with Gasteiger partial charge in [0.1, 0.15) is 33.5 Å². The zero-order valence-corrected chi connectivity index (χ0v) is 61.6. The third kappa shape index (κ3) is 10.2. The van der Waals surface area contributed by atoms with Crippen LogP contribution in [0.2, 0.25) is 0 Å². The average Bonchev–Trinajstić information content (AvgIpc) is 1.58. The first-order valence-electron chi connectivity index (χ1n) is 38.3. The summed E-state index contributed by atoms with van der Waals surface area (Å²) in [6.07, 6.45) is 0. The van der Waals surface area contributed by atoms with Crippen molar-refractivity contribution in [3.63, 3.8) is 0 Å². The van der Waals surface area contributed by atoms with E-state index in [-0.39, 0.29) is 0 Å². The van der Waals surface area contributed by atoms with Crippen LogP contribution in [0, 0.1) is 0 Å². The molecule has 0 aliphatic heterocycles. The molecule has 0 unspecified atom stereocenters. The first-order chi connectivity index (χ1) is 56.4. The van der Waals surface area contributed by atoms with Crippen molar-refractivity contribution < 1.29 is 13.3 Å². The van der Waals surface area contributed by atoms with E-state index in [1.165, 1.54) is 36.5 Å². The van der Waals surface area contributed by atoms with E-state index < -0.39 is 0 Å². The van der Waals surface area contributed by atoms with Crippen molar-refractivity contribution in [3.8, 4) is 113 Å². The Labute approximate surface area is 654 Å².